The predicted molar refractivity (Wildman–Crippen MR) is 110 cm³/mol. The molecule has 7 nitrogen and oxygen atoms in total. The molecule has 0 saturated carbocycles. The van der Waals surface area contributed by atoms with Crippen LogP contribution in [0.2, 0.25) is 5.28 Å². The van der Waals surface area contributed by atoms with Crippen LogP contribution in [0.5, 0.6) is 0 Å². The van der Waals surface area contributed by atoms with E-state index in [9.17, 15) is 18.0 Å². The van der Waals surface area contributed by atoms with E-state index in [4.69, 9.17) is 11.6 Å². The Morgan fingerprint density at radius 1 is 1.16 bits per heavy atom. The number of amides is 1. The Morgan fingerprint density at radius 2 is 1.87 bits per heavy atom. The fourth-order valence-electron chi connectivity index (χ4n) is 3.55. The standard InChI is InChI=1S/C20H18ClF3N6O/c1-3-30-14-8-25-19(21)27-18(14)29(11-16(30)31)9-12-4-6-13(7-5-12)17-26-15(10-28(17)2)20(22,23)24/h4-8,10H,3,9,11H2,1-2H3. The van der Waals surface area contributed by atoms with Crippen LogP contribution in [0.1, 0.15) is 18.2 Å². The van der Waals surface area contributed by atoms with Gasteiger partial charge in [-0.2, -0.15) is 18.2 Å². The van der Waals surface area contributed by atoms with E-state index in [0.717, 1.165) is 11.8 Å². The van der Waals surface area contributed by atoms with Gasteiger partial charge in [0.2, 0.25) is 11.2 Å². The van der Waals surface area contributed by atoms with Crippen LogP contribution < -0.4 is 9.80 Å². The zero-order valence-corrected chi connectivity index (χ0v) is 17.4. The molecule has 11 heteroatoms. The topological polar surface area (TPSA) is 67.2 Å². The van der Waals surface area contributed by atoms with Gasteiger partial charge in [-0.05, 0) is 24.1 Å². The maximum atomic E-state index is 12.9. The zero-order valence-electron chi connectivity index (χ0n) is 16.7. The molecule has 0 radical (unpaired) electrons. The van der Waals surface area contributed by atoms with Crippen LogP contribution in [0.4, 0.5) is 24.7 Å². The van der Waals surface area contributed by atoms with Crippen LogP contribution in [0.25, 0.3) is 11.4 Å². The first-order valence-corrected chi connectivity index (χ1v) is 9.83. The smallest absolute Gasteiger partial charge is 0.341 e. The van der Waals surface area contributed by atoms with Gasteiger partial charge in [0, 0.05) is 31.9 Å². The molecule has 0 atom stereocenters. The minimum atomic E-state index is -4.50. The third-order valence-electron chi connectivity index (χ3n) is 5.01. The highest BCUT2D eigenvalue weighted by Gasteiger charge is 2.34. The number of carbonyl (C=O) groups excluding carboxylic acids is 1. The normalized spacial score (nSPS) is 14.2. The molecule has 31 heavy (non-hydrogen) atoms. The van der Waals surface area contributed by atoms with E-state index in [0.29, 0.717) is 30.2 Å². The summed E-state index contributed by atoms with van der Waals surface area (Å²) in [4.78, 5) is 27.9. The minimum Gasteiger partial charge on any atom is -0.341 e. The predicted octanol–water partition coefficient (Wildman–Crippen LogP) is 3.92. The SMILES string of the molecule is CCN1C(=O)CN(Cc2ccc(-c3nc(C(F)(F)F)cn3C)cc2)c2nc(Cl)ncc21. The van der Waals surface area contributed by atoms with Gasteiger partial charge in [-0.1, -0.05) is 24.3 Å². The van der Waals surface area contributed by atoms with Gasteiger partial charge in [0.15, 0.2) is 11.5 Å². The highest BCUT2D eigenvalue weighted by Crippen LogP contribution is 2.33. The van der Waals surface area contributed by atoms with E-state index in [1.54, 1.807) is 34.1 Å². The molecule has 1 aromatic carbocycles. The third kappa shape index (κ3) is 4.07. The second-order valence-corrected chi connectivity index (χ2v) is 7.44. The van der Waals surface area contributed by atoms with E-state index in [1.807, 2.05) is 6.92 Å². The van der Waals surface area contributed by atoms with Gasteiger partial charge in [-0.15, -0.1) is 0 Å². The molecular formula is C20H18ClF3N6O. The van der Waals surface area contributed by atoms with Crippen molar-refractivity contribution >= 4 is 29.0 Å². The summed E-state index contributed by atoms with van der Waals surface area (Å²) in [6, 6.07) is 6.98. The molecule has 2 aromatic heterocycles. The summed E-state index contributed by atoms with van der Waals surface area (Å²) < 4.78 is 40.1. The number of nitrogens with zero attached hydrogens (tertiary/aromatic N) is 6. The summed E-state index contributed by atoms with van der Waals surface area (Å²) in [6.07, 6.45) is -2.01. The number of likely N-dealkylation sites (N-methyl/N-ethyl adjacent to an activating group) is 1. The summed E-state index contributed by atoms with van der Waals surface area (Å²) in [6.45, 7) is 2.86. The maximum Gasteiger partial charge on any atom is 0.434 e. The summed E-state index contributed by atoms with van der Waals surface area (Å²) in [5.74, 6) is 0.699. The molecule has 3 aromatic rings. The Labute approximate surface area is 181 Å². The Hall–Kier alpha value is -3.14. The Morgan fingerprint density at radius 3 is 2.48 bits per heavy atom. The van der Waals surface area contributed by atoms with Gasteiger partial charge in [-0.3, -0.25) is 4.79 Å². The van der Waals surface area contributed by atoms with Crippen molar-refractivity contribution in [1.82, 2.24) is 19.5 Å². The lowest BCUT2D eigenvalue weighted by atomic mass is 10.1. The molecule has 1 aliphatic rings. The molecule has 1 aliphatic heterocycles. The molecule has 0 spiro atoms. The number of rotatable bonds is 4. The van der Waals surface area contributed by atoms with E-state index < -0.39 is 11.9 Å². The summed E-state index contributed by atoms with van der Waals surface area (Å²) in [5.41, 5.74) is 1.06. The van der Waals surface area contributed by atoms with E-state index in [2.05, 4.69) is 15.0 Å². The average Bonchev–Trinajstić information content (AvgIpc) is 3.11. The van der Waals surface area contributed by atoms with Crippen LogP contribution >= 0.6 is 11.6 Å². The van der Waals surface area contributed by atoms with Gasteiger partial charge in [0.25, 0.3) is 0 Å². The second kappa shape index (κ2) is 7.84. The summed E-state index contributed by atoms with van der Waals surface area (Å²) in [5, 5.41) is 0.0831. The van der Waals surface area contributed by atoms with Gasteiger partial charge < -0.3 is 14.4 Å². The van der Waals surface area contributed by atoms with Crippen LogP contribution in [0.15, 0.2) is 36.7 Å². The lowest BCUT2D eigenvalue weighted by molar-refractivity contribution is -0.140. The third-order valence-corrected chi connectivity index (χ3v) is 5.19. The number of halogens is 4. The molecule has 4 rings (SSSR count). The number of benzene rings is 1. The number of alkyl halides is 3. The lowest BCUT2D eigenvalue weighted by Crippen LogP contribution is -2.46. The molecule has 162 valence electrons. The van der Waals surface area contributed by atoms with E-state index >= 15 is 0 Å². The van der Waals surface area contributed by atoms with Crippen LogP contribution in [-0.2, 0) is 24.6 Å². The van der Waals surface area contributed by atoms with E-state index in [-0.39, 0.29) is 23.6 Å². The summed E-state index contributed by atoms with van der Waals surface area (Å²) >= 11 is 5.97. The minimum absolute atomic E-state index is 0.0785. The Balaban J connectivity index is 1.60. The molecule has 0 saturated heterocycles. The van der Waals surface area contributed by atoms with Gasteiger partial charge in [-0.25, -0.2) is 9.97 Å². The highest BCUT2D eigenvalue weighted by molar-refractivity contribution is 6.28. The zero-order chi connectivity index (χ0) is 22.3. The first-order valence-electron chi connectivity index (χ1n) is 9.45. The maximum absolute atomic E-state index is 12.9. The van der Waals surface area contributed by atoms with Crippen LogP contribution in [-0.4, -0.2) is 38.5 Å². The van der Waals surface area contributed by atoms with Crippen molar-refractivity contribution in [3.05, 3.63) is 53.2 Å². The molecule has 0 aliphatic carbocycles. The number of anilines is 2. The van der Waals surface area contributed by atoms with Crippen molar-refractivity contribution in [3.8, 4) is 11.4 Å². The number of imidazole rings is 1. The van der Waals surface area contributed by atoms with Crippen molar-refractivity contribution in [1.29, 1.82) is 0 Å². The van der Waals surface area contributed by atoms with Crippen LogP contribution in [0.3, 0.4) is 0 Å². The molecular weight excluding hydrogens is 433 g/mol. The molecule has 0 unspecified atom stereocenters. The number of aryl methyl sites for hydroxylation is 1. The molecule has 3 heterocycles. The Kier molecular flexibility index (Phi) is 5.34. The molecule has 0 bridgehead atoms. The fourth-order valence-corrected chi connectivity index (χ4v) is 3.68. The quantitative estimate of drug-likeness (QED) is 0.563. The second-order valence-electron chi connectivity index (χ2n) is 7.10. The first-order chi connectivity index (χ1) is 14.7. The molecule has 1 amide bonds. The number of fused-ring (bicyclic) bond motifs is 1. The average molecular weight is 451 g/mol. The number of carbonyl (C=O) groups is 1. The van der Waals surface area contributed by atoms with Gasteiger partial charge in [0.05, 0.1) is 12.7 Å². The number of hydrogen-bond donors (Lipinski definition) is 0. The summed E-state index contributed by atoms with van der Waals surface area (Å²) in [7, 11) is 1.52. The monoisotopic (exact) mass is 450 g/mol. The number of aromatic nitrogens is 4. The van der Waals surface area contributed by atoms with Gasteiger partial charge in [0.1, 0.15) is 11.5 Å². The largest absolute Gasteiger partial charge is 0.434 e. The number of hydrogen-bond acceptors (Lipinski definition) is 5. The first kappa shape index (κ1) is 21.1. The molecule has 0 fully saturated rings. The van der Waals surface area contributed by atoms with Crippen LogP contribution in [0, 0.1) is 0 Å². The highest BCUT2D eigenvalue weighted by atomic mass is 35.5. The van der Waals surface area contributed by atoms with Crippen molar-refractivity contribution in [2.45, 2.75) is 19.6 Å². The van der Waals surface area contributed by atoms with E-state index in [1.165, 1.54) is 17.8 Å². The Bertz CT molecular complexity index is 1130. The fraction of sp³-hybridized carbons (Fsp3) is 0.300. The lowest BCUT2D eigenvalue weighted by Gasteiger charge is -2.35. The van der Waals surface area contributed by atoms with Crippen molar-refractivity contribution in [2.24, 2.45) is 7.05 Å². The van der Waals surface area contributed by atoms with Gasteiger partial charge >= 0.3 is 6.18 Å². The van der Waals surface area contributed by atoms with Crippen molar-refractivity contribution < 1.29 is 18.0 Å². The van der Waals surface area contributed by atoms with Crippen molar-refractivity contribution in [3.63, 3.8) is 0 Å². The molecule has 0 N–H and O–H groups in total. The van der Waals surface area contributed by atoms with Crippen molar-refractivity contribution in [2.75, 3.05) is 22.9 Å².